The molecule has 3 aromatic rings. The van der Waals surface area contributed by atoms with Crippen molar-refractivity contribution in [1.82, 2.24) is 15.5 Å². The Balaban J connectivity index is 1.68. The molecule has 0 saturated carbocycles. The lowest BCUT2D eigenvalue weighted by molar-refractivity contribution is 0.0942. The van der Waals surface area contributed by atoms with Crippen molar-refractivity contribution in [3.8, 4) is 11.5 Å². The van der Waals surface area contributed by atoms with Crippen molar-refractivity contribution in [2.75, 3.05) is 0 Å². The highest BCUT2D eigenvalue weighted by Crippen LogP contribution is 2.18. The molecule has 1 amide bonds. The first-order chi connectivity index (χ1) is 10.2. The average Bonchev–Trinajstić information content (AvgIpc) is 3.16. The van der Waals surface area contributed by atoms with E-state index in [9.17, 15) is 4.79 Å². The summed E-state index contributed by atoms with van der Waals surface area (Å²) in [6.07, 6.45) is 3.28. The molecule has 0 aliphatic rings. The van der Waals surface area contributed by atoms with Gasteiger partial charge in [0.25, 0.3) is 5.91 Å². The Kier molecular flexibility index (Phi) is 3.51. The number of carbonyl (C=O) groups is 1. The fraction of sp³-hybridized carbons (Fsp3) is 0.133. The first kappa shape index (κ1) is 13.1. The van der Waals surface area contributed by atoms with Crippen LogP contribution in [0.3, 0.4) is 0 Å². The van der Waals surface area contributed by atoms with Crippen LogP contribution in [0.15, 0.2) is 51.7 Å². The van der Waals surface area contributed by atoms with Gasteiger partial charge in [-0.2, -0.15) is 0 Å². The second-order valence-corrected chi connectivity index (χ2v) is 4.53. The molecular formula is C15H13N3O3. The van der Waals surface area contributed by atoms with Gasteiger partial charge in [-0.25, -0.2) is 0 Å². The largest absolute Gasteiger partial charge is 0.463 e. The van der Waals surface area contributed by atoms with Gasteiger partial charge in [0.2, 0.25) is 0 Å². The van der Waals surface area contributed by atoms with E-state index in [-0.39, 0.29) is 11.6 Å². The van der Waals surface area contributed by atoms with Gasteiger partial charge in [0.05, 0.1) is 6.26 Å². The molecule has 0 saturated heterocycles. The topological polar surface area (TPSA) is 81.2 Å². The minimum Gasteiger partial charge on any atom is -0.463 e. The summed E-state index contributed by atoms with van der Waals surface area (Å²) in [6, 6.07) is 8.94. The molecule has 0 aromatic carbocycles. The van der Waals surface area contributed by atoms with E-state index in [0.29, 0.717) is 18.1 Å². The molecular weight excluding hydrogens is 270 g/mol. The molecule has 6 heteroatoms. The zero-order valence-corrected chi connectivity index (χ0v) is 11.4. The van der Waals surface area contributed by atoms with Gasteiger partial charge in [0, 0.05) is 18.8 Å². The molecule has 0 bridgehead atoms. The van der Waals surface area contributed by atoms with Crippen LogP contribution >= 0.6 is 0 Å². The van der Waals surface area contributed by atoms with Crippen molar-refractivity contribution in [1.29, 1.82) is 0 Å². The Morgan fingerprint density at radius 3 is 2.95 bits per heavy atom. The predicted molar refractivity (Wildman–Crippen MR) is 74.3 cm³/mol. The van der Waals surface area contributed by atoms with Crippen LogP contribution in [0, 0.1) is 6.92 Å². The van der Waals surface area contributed by atoms with Crippen molar-refractivity contribution < 1.29 is 13.7 Å². The minimum atomic E-state index is -0.275. The smallest absolute Gasteiger partial charge is 0.273 e. The fourth-order valence-electron chi connectivity index (χ4n) is 1.89. The zero-order valence-electron chi connectivity index (χ0n) is 11.4. The van der Waals surface area contributed by atoms with E-state index in [1.807, 2.05) is 18.2 Å². The zero-order chi connectivity index (χ0) is 14.7. The molecule has 0 fully saturated rings. The van der Waals surface area contributed by atoms with E-state index in [0.717, 1.165) is 11.3 Å². The van der Waals surface area contributed by atoms with Gasteiger partial charge in [-0.15, -0.1) is 0 Å². The summed E-state index contributed by atoms with van der Waals surface area (Å²) in [6.45, 7) is 2.11. The number of rotatable bonds is 4. The van der Waals surface area contributed by atoms with Gasteiger partial charge in [-0.05, 0) is 36.8 Å². The minimum absolute atomic E-state index is 0.271. The summed E-state index contributed by atoms with van der Waals surface area (Å²) in [7, 11) is 0. The van der Waals surface area contributed by atoms with Gasteiger partial charge in [0.1, 0.15) is 11.5 Å². The number of furan rings is 1. The molecule has 6 nitrogen and oxygen atoms in total. The number of hydrogen-bond donors (Lipinski definition) is 1. The number of hydrogen-bond acceptors (Lipinski definition) is 5. The molecule has 3 rings (SSSR count). The van der Waals surface area contributed by atoms with Crippen LogP contribution in [0.25, 0.3) is 11.5 Å². The first-order valence-electron chi connectivity index (χ1n) is 6.43. The molecule has 21 heavy (non-hydrogen) atoms. The highest BCUT2D eigenvalue weighted by atomic mass is 16.5. The van der Waals surface area contributed by atoms with Crippen LogP contribution in [-0.4, -0.2) is 16.0 Å². The van der Waals surface area contributed by atoms with E-state index in [1.54, 1.807) is 31.5 Å². The molecule has 1 N–H and O–H groups in total. The predicted octanol–water partition coefficient (Wildman–Crippen LogP) is 2.57. The van der Waals surface area contributed by atoms with Crippen molar-refractivity contribution >= 4 is 5.91 Å². The maximum absolute atomic E-state index is 11.9. The Bertz CT molecular complexity index is 747. The Morgan fingerprint density at radius 2 is 2.24 bits per heavy atom. The third-order valence-corrected chi connectivity index (χ3v) is 2.91. The van der Waals surface area contributed by atoms with E-state index >= 15 is 0 Å². The van der Waals surface area contributed by atoms with E-state index in [2.05, 4.69) is 15.5 Å². The van der Waals surface area contributed by atoms with Crippen LogP contribution in [-0.2, 0) is 6.54 Å². The monoisotopic (exact) mass is 283 g/mol. The summed E-state index contributed by atoms with van der Waals surface area (Å²) >= 11 is 0. The van der Waals surface area contributed by atoms with Crippen molar-refractivity contribution in [3.05, 3.63) is 59.8 Å². The van der Waals surface area contributed by atoms with Gasteiger partial charge >= 0.3 is 0 Å². The highest BCUT2D eigenvalue weighted by molar-refractivity contribution is 5.92. The second kappa shape index (κ2) is 5.62. The maximum atomic E-state index is 11.9. The van der Waals surface area contributed by atoms with Crippen LogP contribution in [0.4, 0.5) is 0 Å². The molecule has 3 aromatic heterocycles. The Hall–Kier alpha value is -2.89. The molecule has 0 atom stereocenters. The summed E-state index contributed by atoms with van der Waals surface area (Å²) in [5.41, 5.74) is 1.92. The lowest BCUT2D eigenvalue weighted by Gasteiger charge is -2.04. The summed E-state index contributed by atoms with van der Waals surface area (Å²) < 4.78 is 10.2. The molecule has 0 aliphatic carbocycles. The van der Waals surface area contributed by atoms with E-state index in [1.165, 1.54) is 0 Å². The van der Waals surface area contributed by atoms with Crippen LogP contribution < -0.4 is 5.32 Å². The SMILES string of the molecule is Cc1cc(C(=O)NCc2ccnc(-c3ccco3)c2)no1. The van der Waals surface area contributed by atoms with Crippen molar-refractivity contribution in [2.45, 2.75) is 13.5 Å². The number of amides is 1. The normalized spacial score (nSPS) is 10.5. The number of aryl methyl sites for hydroxylation is 1. The molecule has 0 radical (unpaired) electrons. The standard InChI is InChI=1S/C15H13N3O3/c1-10-7-13(18-21-10)15(19)17-9-11-4-5-16-12(8-11)14-3-2-6-20-14/h2-8H,9H2,1H3,(H,17,19). The molecule has 0 unspecified atom stereocenters. The maximum Gasteiger partial charge on any atom is 0.273 e. The third kappa shape index (κ3) is 3.00. The Morgan fingerprint density at radius 1 is 1.33 bits per heavy atom. The van der Waals surface area contributed by atoms with Crippen LogP contribution in [0.1, 0.15) is 21.8 Å². The quantitative estimate of drug-likeness (QED) is 0.795. The number of pyridine rings is 1. The number of carbonyl (C=O) groups excluding carboxylic acids is 1. The van der Waals surface area contributed by atoms with Crippen molar-refractivity contribution in [2.24, 2.45) is 0 Å². The summed E-state index contributed by atoms with van der Waals surface area (Å²) in [5.74, 6) is 1.02. The van der Waals surface area contributed by atoms with Gasteiger partial charge in [-0.3, -0.25) is 9.78 Å². The van der Waals surface area contributed by atoms with Crippen molar-refractivity contribution in [3.63, 3.8) is 0 Å². The van der Waals surface area contributed by atoms with Gasteiger partial charge < -0.3 is 14.3 Å². The highest BCUT2D eigenvalue weighted by Gasteiger charge is 2.10. The molecule has 106 valence electrons. The van der Waals surface area contributed by atoms with E-state index < -0.39 is 0 Å². The van der Waals surface area contributed by atoms with Gasteiger partial charge in [0.15, 0.2) is 11.5 Å². The number of nitrogens with zero attached hydrogens (tertiary/aromatic N) is 2. The lowest BCUT2D eigenvalue weighted by Crippen LogP contribution is -2.23. The average molecular weight is 283 g/mol. The second-order valence-electron chi connectivity index (χ2n) is 4.53. The molecule has 3 heterocycles. The molecule has 0 aliphatic heterocycles. The molecule has 0 spiro atoms. The van der Waals surface area contributed by atoms with Crippen LogP contribution in [0.5, 0.6) is 0 Å². The van der Waals surface area contributed by atoms with E-state index in [4.69, 9.17) is 8.94 Å². The Labute approximate surface area is 120 Å². The van der Waals surface area contributed by atoms with Crippen LogP contribution in [0.2, 0.25) is 0 Å². The summed E-state index contributed by atoms with van der Waals surface area (Å²) in [5, 5.41) is 6.45. The fourth-order valence-corrected chi connectivity index (χ4v) is 1.89. The van der Waals surface area contributed by atoms with Gasteiger partial charge in [-0.1, -0.05) is 5.16 Å². The lowest BCUT2D eigenvalue weighted by atomic mass is 10.2. The third-order valence-electron chi connectivity index (χ3n) is 2.91. The number of aromatic nitrogens is 2. The summed E-state index contributed by atoms with van der Waals surface area (Å²) in [4.78, 5) is 16.1. The number of nitrogens with one attached hydrogen (secondary N) is 1. The first-order valence-corrected chi connectivity index (χ1v) is 6.43.